The van der Waals surface area contributed by atoms with Gasteiger partial charge in [-0.2, -0.15) is 0 Å². The molecule has 0 aromatic heterocycles. The SMILES string of the molecule is CN1CCN(c2cccc(C3(CC(=O)O)CC3)c2)C1=O. The zero-order valence-corrected chi connectivity index (χ0v) is 11.5. The van der Waals surface area contributed by atoms with Crippen LogP contribution in [0.4, 0.5) is 10.5 Å². The van der Waals surface area contributed by atoms with Crippen LogP contribution in [0.15, 0.2) is 24.3 Å². The first-order valence-electron chi connectivity index (χ1n) is 6.87. The van der Waals surface area contributed by atoms with Crippen LogP contribution in [0.2, 0.25) is 0 Å². The number of carbonyl (C=O) groups is 2. The average Bonchev–Trinajstić information content (AvgIpc) is 3.11. The number of nitrogens with zero attached hydrogens (tertiary/aromatic N) is 2. The molecule has 1 aromatic carbocycles. The smallest absolute Gasteiger partial charge is 0.324 e. The largest absolute Gasteiger partial charge is 0.481 e. The number of benzene rings is 1. The van der Waals surface area contributed by atoms with Crippen LogP contribution < -0.4 is 4.90 Å². The maximum atomic E-state index is 12.0. The number of carboxylic acids is 1. The Morgan fingerprint density at radius 3 is 2.65 bits per heavy atom. The minimum atomic E-state index is -0.759. The van der Waals surface area contributed by atoms with E-state index < -0.39 is 5.97 Å². The molecule has 2 fully saturated rings. The lowest BCUT2D eigenvalue weighted by Crippen LogP contribution is -2.29. The topological polar surface area (TPSA) is 60.9 Å². The van der Waals surface area contributed by atoms with Gasteiger partial charge in [0.1, 0.15) is 0 Å². The Bertz CT molecular complexity index is 566. The summed E-state index contributed by atoms with van der Waals surface area (Å²) in [5, 5.41) is 9.04. The highest BCUT2D eigenvalue weighted by Crippen LogP contribution is 2.51. The van der Waals surface area contributed by atoms with Crippen molar-refractivity contribution >= 4 is 17.7 Å². The molecule has 3 rings (SSSR count). The molecule has 1 aromatic rings. The van der Waals surface area contributed by atoms with Crippen LogP contribution in [0, 0.1) is 0 Å². The summed E-state index contributed by atoms with van der Waals surface area (Å²) in [6.45, 7) is 1.41. The van der Waals surface area contributed by atoms with Crippen molar-refractivity contribution in [2.45, 2.75) is 24.7 Å². The normalized spacial score (nSPS) is 20.4. The third-order valence-corrected chi connectivity index (χ3v) is 4.33. The number of anilines is 1. The fourth-order valence-corrected chi connectivity index (χ4v) is 2.90. The van der Waals surface area contributed by atoms with Crippen molar-refractivity contribution in [3.8, 4) is 0 Å². The second-order valence-corrected chi connectivity index (χ2v) is 5.76. The quantitative estimate of drug-likeness (QED) is 0.914. The minimum Gasteiger partial charge on any atom is -0.481 e. The third kappa shape index (κ3) is 2.13. The van der Waals surface area contributed by atoms with E-state index in [4.69, 9.17) is 5.11 Å². The second kappa shape index (κ2) is 4.51. The van der Waals surface area contributed by atoms with Crippen LogP contribution >= 0.6 is 0 Å². The standard InChI is InChI=1S/C15H18N2O3/c1-16-7-8-17(14(16)20)12-4-2-3-11(9-12)15(5-6-15)10-13(18)19/h2-4,9H,5-8,10H2,1H3,(H,18,19). The first-order chi connectivity index (χ1) is 9.52. The number of carboxylic acid groups (broad SMARTS) is 1. The van der Waals surface area contributed by atoms with Crippen molar-refractivity contribution in [2.75, 3.05) is 25.0 Å². The number of aliphatic carboxylic acids is 1. The zero-order valence-electron chi connectivity index (χ0n) is 11.5. The van der Waals surface area contributed by atoms with Crippen molar-refractivity contribution in [3.05, 3.63) is 29.8 Å². The molecule has 0 spiro atoms. The molecule has 5 heteroatoms. The van der Waals surface area contributed by atoms with Crippen molar-refractivity contribution < 1.29 is 14.7 Å². The van der Waals surface area contributed by atoms with E-state index in [1.807, 2.05) is 24.3 Å². The van der Waals surface area contributed by atoms with Crippen molar-refractivity contribution in [1.29, 1.82) is 0 Å². The van der Waals surface area contributed by atoms with Gasteiger partial charge in [-0.3, -0.25) is 9.69 Å². The number of urea groups is 1. The van der Waals surface area contributed by atoms with E-state index in [2.05, 4.69) is 0 Å². The van der Waals surface area contributed by atoms with Gasteiger partial charge < -0.3 is 10.0 Å². The summed E-state index contributed by atoms with van der Waals surface area (Å²) in [4.78, 5) is 26.5. The van der Waals surface area contributed by atoms with Crippen LogP contribution in [0.5, 0.6) is 0 Å². The summed E-state index contributed by atoms with van der Waals surface area (Å²) in [5.41, 5.74) is 1.70. The van der Waals surface area contributed by atoms with E-state index in [1.54, 1.807) is 16.8 Å². The summed E-state index contributed by atoms with van der Waals surface area (Å²) in [5.74, 6) is -0.759. The number of hydrogen-bond donors (Lipinski definition) is 1. The molecular weight excluding hydrogens is 256 g/mol. The van der Waals surface area contributed by atoms with Gasteiger partial charge in [0.05, 0.1) is 6.42 Å². The van der Waals surface area contributed by atoms with Crippen LogP contribution in [0.1, 0.15) is 24.8 Å². The van der Waals surface area contributed by atoms with Crippen LogP contribution in [0.25, 0.3) is 0 Å². The summed E-state index contributed by atoms with van der Waals surface area (Å²) < 4.78 is 0. The predicted octanol–water partition coefficient (Wildman–Crippen LogP) is 2.06. The molecule has 0 atom stereocenters. The number of amides is 2. The van der Waals surface area contributed by atoms with Gasteiger partial charge in [0, 0.05) is 31.2 Å². The van der Waals surface area contributed by atoms with Crippen molar-refractivity contribution in [1.82, 2.24) is 4.90 Å². The Hall–Kier alpha value is -2.04. The van der Waals surface area contributed by atoms with Gasteiger partial charge in [-0.25, -0.2) is 4.79 Å². The molecule has 5 nitrogen and oxygen atoms in total. The predicted molar refractivity (Wildman–Crippen MR) is 75.0 cm³/mol. The fraction of sp³-hybridized carbons (Fsp3) is 0.467. The number of likely N-dealkylation sites (N-methyl/N-ethyl adjacent to an activating group) is 1. The Morgan fingerprint density at radius 2 is 2.10 bits per heavy atom. The van der Waals surface area contributed by atoms with E-state index in [1.165, 1.54) is 0 Å². The Labute approximate surface area is 117 Å². The molecule has 1 heterocycles. The number of rotatable bonds is 4. The van der Waals surface area contributed by atoms with E-state index in [-0.39, 0.29) is 17.9 Å². The van der Waals surface area contributed by atoms with Crippen LogP contribution in [-0.2, 0) is 10.2 Å². The van der Waals surface area contributed by atoms with Crippen molar-refractivity contribution in [2.24, 2.45) is 0 Å². The zero-order chi connectivity index (χ0) is 14.3. The highest BCUT2D eigenvalue weighted by atomic mass is 16.4. The van der Waals surface area contributed by atoms with Crippen LogP contribution in [0.3, 0.4) is 0 Å². The highest BCUT2D eigenvalue weighted by Gasteiger charge is 2.46. The molecule has 0 radical (unpaired) electrons. The van der Waals surface area contributed by atoms with Gasteiger partial charge in [0.25, 0.3) is 0 Å². The van der Waals surface area contributed by atoms with Gasteiger partial charge in [-0.1, -0.05) is 12.1 Å². The summed E-state index contributed by atoms with van der Waals surface area (Å²) in [6, 6.07) is 7.79. The maximum absolute atomic E-state index is 12.0. The minimum absolute atomic E-state index is 0.00484. The Kier molecular flexibility index (Phi) is 2.92. The molecule has 0 unspecified atom stereocenters. The molecule has 1 aliphatic carbocycles. The molecule has 1 aliphatic heterocycles. The van der Waals surface area contributed by atoms with Gasteiger partial charge >= 0.3 is 12.0 Å². The number of hydrogen-bond acceptors (Lipinski definition) is 2. The third-order valence-electron chi connectivity index (χ3n) is 4.33. The maximum Gasteiger partial charge on any atom is 0.324 e. The van der Waals surface area contributed by atoms with Gasteiger partial charge in [-0.15, -0.1) is 0 Å². The molecule has 0 bridgehead atoms. The molecule has 2 aliphatic rings. The summed E-state index contributed by atoms with van der Waals surface area (Å²) >= 11 is 0. The lowest BCUT2D eigenvalue weighted by atomic mass is 9.92. The first kappa shape index (κ1) is 13.0. The van der Waals surface area contributed by atoms with E-state index in [0.717, 1.165) is 30.6 Å². The van der Waals surface area contributed by atoms with E-state index >= 15 is 0 Å². The molecule has 1 N–H and O–H groups in total. The van der Waals surface area contributed by atoms with Crippen LogP contribution in [-0.4, -0.2) is 42.1 Å². The van der Waals surface area contributed by atoms with Gasteiger partial charge in [0.2, 0.25) is 0 Å². The lowest BCUT2D eigenvalue weighted by Gasteiger charge is -2.19. The van der Waals surface area contributed by atoms with Gasteiger partial charge in [0.15, 0.2) is 0 Å². The van der Waals surface area contributed by atoms with Crippen molar-refractivity contribution in [3.63, 3.8) is 0 Å². The molecule has 2 amide bonds. The summed E-state index contributed by atoms with van der Waals surface area (Å²) in [7, 11) is 1.79. The second-order valence-electron chi connectivity index (χ2n) is 5.76. The first-order valence-corrected chi connectivity index (χ1v) is 6.87. The molecule has 1 saturated heterocycles. The number of carbonyl (C=O) groups excluding carboxylic acids is 1. The Balaban J connectivity index is 1.87. The monoisotopic (exact) mass is 274 g/mol. The molecular formula is C15H18N2O3. The summed E-state index contributed by atoms with van der Waals surface area (Å²) in [6.07, 6.45) is 2.00. The van der Waals surface area contributed by atoms with E-state index in [0.29, 0.717) is 6.54 Å². The van der Waals surface area contributed by atoms with Gasteiger partial charge in [-0.05, 0) is 30.5 Å². The molecule has 106 valence electrons. The average molecular weight is 274 g/mol. The molecule has 20 heavy (non-hydrogen) atoms. The Morgan fingerprint density at radius 1 is 1.35 bits per heavy atom. The lowest BCUT2D eigenvalue weighted by molar-refractivity contribution is -0.137. The fourth-order valence-electron chi connectivity index (χ4n) is 2.90. The van der Waals surface area contributed by atoms with E-state index in [9.17, 15) is 9.59 Å². The highest BCUT2D eigenvalue weighted by molar-refractivity contribution is 5.94. The molecule has 1 saturated carbocycles.